The van der Waals surface area contributed by atoms with Gasteiger partial charge in [-0.1, -0.05) is 18.5 Å². The van der Waals surface area contributed by atoms with Gasteiger partial charge < -0.3 is 0 Å². The lowest BCUT2D eigenvalue weighted by atomic mass is 10.4. The van der Waals surface area contributed by atoms with Gasteiger partial charge in [-0.05, 0) is 12.8 Å². The van der Waals surface area contributed by atoms with Crippen LogP contribution in [0.4, 0.5) is 0 Å². The second kappa shape index (κ2) is 3.70. The Morgan fingerprint density at radius 1 is 1.73 bits per heavy atom. The minimum absolute atomic E-state index is 0.348. The Labute approximate surface area is 74.4 Å². The van der Waals surface area contributed by atoms with E-state index in [0.717, 1.165) is 17.8 Å². The van der Waals surface area contributed by atoms with E-state index in [2.05, 4.69) is 11.9 Å². The first-order chi connectivity index (χ1) is 5.27. The first kappa shape index (κ1) is 8.51. The van der Waals surface area contributed by atoms with Gasteiger partial charge in [0, 0.05) is 0 Å². The van der Waals surface area contributed by atoms with E-state index < -0.39 is 0 Å². The maximum atomic E-state index is 8.54. The number of nitrogens with zero attached hydrogens (tertiary/aromatic N) is 2. The van der Waals surface area contributed by atoms with Gasteiger partial charge in [0.25, 0.3) is 0 Å². The van der Waals surface area contributed by atoms with Gasteiger partial charge in [0.15, 0.2) is 5.15 Å². The topological polar surface area (TPSA) is 36.7 Å². The Kier molecular flexibility index (Phi) is 2.86. The molecule has 0 N–H and O–H groups in total. The van der Waals surface area contributed by atoms with Crippen molar-refractivity contribution in [2.75, 3.05) is 0 Å². The molecular weight excluding hydrogens is 180 g/mol. The summed E-state index contributed by atoms with van der Waals surface area (Å²) in [5, 5.41) is 9.84. The van der Waals surface area contributed by atoms with Crippen LogP contribution in [0.5, 0.6) is 0 Å². The van der Waals surface area contributed by atoms with Crippen molar-refractivity contribution in [2.45, 2.75) is 19.8 Å². The van der Waals surface area contributed by atoms with Crippen LogP contribution in [0.1, 0.15) is 23.2 Å². The number of hydrogen-bond acceptors (Lipinski definition) is 3. The van der Waals surface area contributed by atoms with Gasteiger partial charge in [-0.2, -0.15) is 5.26 Å². The monoisotopic (exact) mass is 186 g/mol. The summed E-state index contributed by atoms with van der Waals surface area (Å²) < 4.78 is 0. The summed E-state index contributed by atoms with van der Waals surface area (Å²) in [4.78, 5) is 4.56. The third kappa shape index (κ3) is 1.92. The molecule has 0 unspecified atom stereocenters. The van der Waals surface area contributed by atoms with Crippen LogP contribution >= 0.6 is 22.9 Å². The molecule has 0 bridgehead atoms. The molecule has 1 rings (SSSR count). The zero-order valence-corrected chi connectivity index (χ0v) is 7.67. The molecule has 58 valence electrons. The van der Waals surface area contributed by atoms with Crippen LogP contribution in [0.25, 0.3) is 0 Å². The molecule has 0 radical (unpaired) electrons. The van der Waals surface area contributed by atoms with Gasteiger partial charge in [-0.3, -0.25) is 0 Å². The molecule has 0 aliphatic heterocycles. The second-order valence-electron chi connectivity index (χ2n) is 2.09. The molecule has 1 aromatic rings. The average molecular weight is 187 g/mol. The van der Waals surface area contributed by atoms with Crippen molar-refractivity contribution in [1.29, 1.82) is 5.26 Å². The molecule has 1 aromatic heterocycles. The fourth-order valence-corrected chi connectivity index (χ4v) is 1.90. The smallest absolute Gasteiger partial charge is 0.158 e. The van der Waals surface area contributed by atoms with E-state index in [4.69, 9.17) is 16.9 Å². The lowest BCUT2D eigenvalue weighted by Gasteiger charge is -1.84. The van der Waals surface area contributed by atoms with Crippen molar-refractivity contribution in [2.24, 2.45) is 0 Å². The molecule has 0 aromatic carbocycles. The Morgan fingerprint density at radius 3 is 2.91 bits per heavy atom. The zero-order chi connectivity index (χ0) is 8.27. The summed E-state index contributed by atoms with van der Waals surface area (Å²) in [6.45, 7) is 2.07. The maximum Gasteiger partial charge on any atom is 0.158 e. The number of aryl methyl sites for hydroxylation is 1. The van der Waals surface area contributed by atoms with Crippen LogP contribution in [-0.2, 0) is 6.42 Å². The molecule has 0 aliphatic carbocycles. The first-order valence-electron chi connectivity index (χ1n) is 3.33. The fourth-order valence-electron chi connectivity index (χ4n) is 0.733. The molecule has 4 heteroatoms. The van der Waals surface area contributed by atoms with Gasteiger partial charge >= 0.3 is 0 Å². The number of hydrogen-bond donors (Lipinski definition) is 0. The first-order valence-corrected chi connectivity index (χ1v) is 4.52. The van der Waals surface area contributed by atoms with E-state index >= 15 is 0 Å². The molecule has 1 heterocycles. The molecule has 0 spiro atoms. The maximum absolute atomic E-state index is 8.54. The zero-order valence-electron chi connectivity index (χ0n) is 6.09. The summed E-state index contributed by atoms with van der Waals surface area (Å²) in [6.07, 6.45) is 1.95. The van der Waals surface area contributed by atoms with Crippen LogP contribution in [0, 0.1) is 11.3 Å². The van der Waals surface area contributed by atoms with E-state index in [9.17, 15) is 0 Å². The molecule has 0 fully saturated rings. The van der Waals surface area contributed by atoms with Crippen molar-refractivity contribution in [1.82, 2.24) is 4.98 Å². The number of thiazole rings is 1. The molecule has 0 atom stereocenters. The van der Waals surface area contributed by atoms with Crippen molar-refractivity contribution >= 4 is 22.9 Å². The molecule has 0 saturated heterocycles. The number of rotatable bonds is 2. The van der Waals surface area contributed by atoms with E-state index in [1.807, 2.05) is 6.07 Å². The van der Waals surface area contributed by atoms with Crippen molar-refractivity contribution < 1.29 is 0 Å². The Bertz CT molecular complexity index is 287. The third-order valence-corrected chi connectivity index (χ3v) is 2.60. The fraction of sp³-hybridized carbons (Fsp3) is 0.429. The summed E-state index contributed by atoms with van der Waals surface area (Å²) in [7, 11) is 0. The molecule has 0 saturated carbocycles. The highest BCUT2D eigenvalue weighted by atomic mass is 35.5. The predicted octanol–water partition coefficient (Wildman–Crippen LogP) is 2.62. The number of halogens is 1. The Hall–Kier alpha value is -0.590. The average Bonchev–Trinajstić information content (AvgIpc) is 2.32. The van der Waals surface area contributed by atoms with E-state index in [1.54, 1.807) is 0 Å². The van der Waals surface area contributed by atoms with E-state index in [0.29, 0.717) is 10.0 Å². The van der Waals surface area contributed by atoms with E-state index in [-0.39, 0.29) is 0 Å². The molecular formula is C7H7ClN2S. The highest BCUT2D eigenvalue weighted by Gasteiger charge is 2.06. The number of aromatic nitrogens is 1. The van der Waals surface area contributed by atoms with Crippen molar-refractivity contribution in [3.05, 3.63) is 15.0 Å². The lowest BCUT2D eigenvalue weighted by molar-refractivity contribution is 0.909. The van der Waals surface area contributed by atoms with Crippen LogP contribution in [-0.4, -0.2) is 4.98 Å². The van der Waals surface area contributed by atoms with Gasteiger partial charge in [0.2, 0.25) is 0 Å². The van der Waals surface area contributed by atoms with E-state index in [1.165, 1.54) is 11.3 Å². The largest absolute Gasteiger partial charge is 0.228 e. The highest BCUT2D eigenvalue weighted by Crippen LogP contribution is 2.22. The highest BCUT2D eigenvalue weighted by molar-refractivity contribution is 7.12. The van der Waals surface area contributed by atoms with Crippen molar-refractivity contribution in [3.63, 3.8) is 0 Å². The molecule has 0 aliphatic rings. The SMILES string of the molecule is CCCc1nc(Cl)c(C#N)s1. The quantitative estimate of drug-likeness (QED) is 0.712. The summed E-state index contributed by atoms with van der Waals surface area (Å²) in [5.74, 6) is 0. The van der Waals surface area contributed by atoms with Gasteiger partial charge in [0.1, 0.15) is 10.9 Å². The Morgan fingerprint density at radius 2 is 2.45 bits per heavy atom. The van der Waals surface area contributed by atoms with Gasteiger partial charge in [0.05, 0.1) is 5.01 Å². The Balaban J connectivity index is 2.89. The van der Waals surface area contributed by atoms with Gasteiger partial charge in [-0.15, -0.1) is 11.3 Å². The normalized spacial score (nSPS) is 9.55. The van der Waals surface area contributed by atoms with Gasteiger partial charge in [-0.25, -0.2) is 4.98 Å². The summed E-state index contributed by atoms with van der Waals surface area (Å²) in [6, 6.07) is 2.00. The molecule has 2 nitrogen and oxygen atoms in total. The standard InChI is InChI=1S/C7H7ClN2S/c1-2-3-6-10-7(8)5(4-9)11-6/h2-3H2,1H3. The molecule has 11 heavy (non-hydrogen) atoms. The minimum atomic E-state index is 0.348. The molecule has 0 amide bonds. The number of nitriles is 1. The van der Waals surface area contributed by atoms with Crippen LogP contribution in [0.3, 0.4) is 0 Å². The predicted molar refractivity (Wildman–Crippen MR) is 45.8 cm³/mol. The minimum Gasteiger partial charge on any atom is -0.228 e. The van der Waals surface area contributed by atoms with Crippen LogP contribution in [0.15, 0.2) is 0 Å². The van der Waals surface area contributed by atoms with Crippen LogP contribution < -0.4 is 0 Å². The van der Waals surface area contributed by atoms with Crippen molar-refractivity contribution in [3.8, 4) is 6.07 Å². The summed E-state index contributed by atoms with van der Waals surface area (Å²) in [5.41, 5.74) is 0. The lowest BCUT2D eigenvalue weighted by Crippen LogP contribution is -1.78. The van der Waals surface area contributed by atoms with Crippen LogP contribution in [0.2, 0.25) is 5.15 Å². The second-order valence-corrected chi connectivity index (χ2v) is 3.53. The summed E-state index contributed by atoms with van der Waals surface area (Å²) >= 11 is 7.04. The third-order valence-electron chi connectivity index (χ3n) is 1.20.